The third kappa shape index (κ3) is 4.01. The number of hydrogen-bond acceptors (Lipinski definition) is 4. The SMILES string of the molecule is CCOc1ccc(N(C(=O)c2ccccc2)S(=O)(=O)c2ccccc2)cc1. The van der Waals surface area contributed by atoms with E-state index in [1.54, 1.807) is 72.8 Å². The van der Waals surface area contributed by atoms with E-state index in [1.165, 1.54) is 12.1 Å². The Morgan fingerprint density at radius 3 is 1.96 bits per heavy atom. The molecule has 3 aromatic carbocycles. The van der Waals surface area contributed by atoms with Crippen molar-refractivity contribution < 1.29 is 17.9 Å². The van der Waals surface area contributed by atoms with Crippen molar-refractivity contribution >= 4 is 21.6 Å². The van der Waals surface area contributed by atoms with E-state index in [-0.39, 0.29) is 16.1 Å². The molecule has 0 saturated heterocycles. The van der Waals surface area contributed by atoms with E-state index < -0.39 is 15.9 Å². The Hall–Kier alpha value is -3.12. The summed E-state index contributed by atoms with van der Waals surface area (Å²) >= 11 is 0. The summed E-state index contributed by atoms with van der Waals surface area (Å²) in [5.74, 6) is -0.0194. The van der Waals surface area contributed by atoms with Gasteiger partial charge in [-0.1, -0.05) is 36.4 Å². The number of amides is 1. The van der Waals surface area contributed by atoms with Gasteiger partial charge in [-0.2, -0.15) is 4.31 Å². The van der Waals surface area contributed by atoms with Gasteiger partial charge in [-0.25, -0.2) is 8.42 Å². The molecular formula is C21H19NO4S. The number of hydrogen-bond donors (Lipinski definition) is 0. The third-order valence-corrected chi connectivity index (χ3v) is 5.59. The van der Waals surface area contributed by atoms with Crippen LogP contribution in [0.5, 0.6) is 5.75 Å². The maximum Gasteiger partial charge on any atom is 0.272 e. The molecule has 0 bridgehead atoms. The molecule has 5 nitrogen and oxygen atoms in total. The molecule has 3 aromatic rings. The predicted octanol–water partition coefficient (Wildman–Crippen LogP) is 4.12. The molecule has 0 fully saturated rings. The van der Waals surface area contributed by atoms with Crippen LogP contribution in [0.15, 0.2) is 89.8 Å². The monoisotopic (exact) mass is 381 g/mol. The topological polar surface area (TPSA) is 63.7 Å². The first kappa shape index (κ1) is 18.7. The van der Waals surface area contributed by atoms with Crippen LogP contribution in [-0.4, -0.2) is 20.9 Å². The minimum absolute atomic E-state index is 0.0446. The average Bonchev–Trinajstić information content (AvgIpc) is 2.71. The zero-order valence-electron chi connectivity index (χ0n) is 14.8. The fraction of sp³-hybridized carbons (Fsp3) is 0.0952. The van der Waals surface area contributed by atoms with E-state index in [2.05, 4.69) is 0 Å². The van der Waals surface area contributed by atoms with Crippen LogP contribution in [0.3, 0.4) is 0 Å². The zero-order valence-corrected chi connectivity index (χ0v) is 15.6. The first-order valence-corrected chi connectivity index (χ1v) is 9.90. The van der Waals surface area contributed by atoms with Gasteiger partial charge in [0.1, 0.15) is 5.75 Å². The van der Waals surface area contributed by atoms with Gasteiger partial charge >= 0.3 is 0 Å². The van der Waals surface area contributed by atoms with Crippen molar-refractivity contribution in [3.05, 3.63) is 90.5 Å². The Balaban J connectivity index is 2.10. The fourth-order valence-corrected chi connectivity index (χ4v) is 4.04. The second-order valence-electron chi connectivity index (χ2n) is 5.68. The summed E-state index contributed by atoms with van der Waals surface area (Å²) in [4.78, 5) is 13.1. The standard InChI is InChI=1S/C21H19NO4S/c1-2-26-19-15-13-18(14-16-19)22(21(23)17-9-5-3-6-10-17)27(24,25)20-11-7-4-8-12-20/h3-16H,2H2,1H3. The molecule has 0 saturated carbocycles. The Bertz CT molecular complexity index is 1000. The van der Waals surface area contributed by atoms with Crippen LogP contribution in [0.4, 0.5) is 5.69 Å². The van der Waals surface area contributed by atoms with Crippen molar-refractivity contribution in [3.63, 3.8) is 0 Å². The number of carbonyl (C=O) groups excluding carboxylic acids is 1. The van der Waals surface area contributed by atoms with Gasteiger partial charge in [0.2, 0.25) is 0 Å². The third-order valence-electron chi connectivity index (χ3n) is 3.87. The van der Waals surface area contributed by atoms with Crippen molar-refractivity contribution in [3.8, 4) is 5.75 Å². The second-order valence-corrected chi connectivity index (χ2v) is 7.47. The van der Waals surface area contributed by atoms with Crippen LogP contribution in [-0.2, 0) is 10.0 Å². The maximum absolute atomic E-state index is 13.2. The maximum atomic E-state index is 13.2. The van der Waals surface area contributed by atoms with Gasteiger partial charge in [-0.15, -0.1) is 0 Å². The molecular weight excluding hydrogens is 362 g/mol. The molecule has 0 radical (unpaired) electrons. The number of sulfonamides is 1. The lowest BCUT2D eigenvalue weighted by Crippen LogP contribution is -2.37. The number of rotatable bonds is 6. The zero-order chi connectivity index (χ0) is 19.3. The van der Waals surface area contributed by atoms with Crippen molar-refractivity contribution in [1.82, 2.24) is 0 Å². The minimum Gasteiger partial charge on any atom is -0.494 e. The first-order chi connectivity index (χ1) is 13.0. The van der Waals surface area contributed by atoms with Crippen LogP contribution in [0, 0.1) is 0 Å². The van der Waals surface area contributed by atoms with E-state index in [9.17, 15) is 13.2 Å². The van der Waals surface area contributed by atoms with Crippen molar-refractivity contribution in [1.29, 1.82) is 0 Å². The van der Waals surface area contributed by atoms with E-state index >= 15 is 0 Å². The van der Waals surface area contributed by atoms with Gasteiger partial charge in [0.25, 0.3) is 15.9 Å². The lowest BCUT2D eigenvalue weighted by Gasteiger charge is -2.23. The summed E-state index contributed by atoms with van der Waals surface area (Å²) in [5.41, 5.74) is 0.530. The molecule has 0 aliphatic rings. The van der Waals surface area contributed by atoms with Crippen molar-refractivity contribution in [2.24, 2.45) is 0 Å². The molecule has 1 amide bonds. The summed E-state index contributed by atoms with van der Waals surface area (Å²) in [7, 11) is -4.08. The normalized spacial score (nSPS) is 11.0. The lowest BCUT2D eigenvalue weighted by molar-refractivity contribution is 0.101. The van der Waals surface area contributed by atoms with Gasteiger partial charge < -0.3 is 4.74 Å². The summed E-state index contributed by atoms with van der Waals surface area (Å²) in [6, 6.07) is 22.6. The molecule has 0 aliphatic heterocycles. The largest absolute Gasteiger partial charge is 0.494 e. The molecule has 0 aliphatic carbocycles. The fourth-order valence-electron chi connectivity index (χ4n) is 2.61. The highest BCUT2D eigenvalue weighted by molar-refractivity contribution is 7.93. The van der Waals surface area contributed by atoms with Gasteiger partial charge in [0, 0.05) is 5.56 Å². The van der Waals surface area contributed by atoms with Crippen molar-refractivity contribution in [2.45, 2.75) is 11.8 Å². The van der Waals surface area contributed by atoms with Crippen molar-refractivity contribution in [2.75, 3.05) is 10.9 Å². The number of ether oxygens (including phenoxy) is 1. The Morgan fingerprint density at radius 1 is 0.852 bits per heavy atom. The van der Waals surface area contributed by atoms with E-state index in [1.807, 2.05) is 6.92 Å². The molecule has 6 heteroatoms. The van der Waals surface area contributed by atoms with Gasteiger partial charge in [-0.05, 0) is 55.5 Å². The second kappa shape index (κ2) is 8.05. The van der Waals surface area contributed by atoms with E-state index in [0.717, 1.165) is 4.31 Å². The van der Waals surface area contributed by atoms with E-state index in [0.29, 0.717) is 12.4 Å². The summed E-state index contributed by atoms with van der Waals surface area (Å²) in [6.07, 6.45) is 0. The molecule has 0 aromatic heterocycles. The summed E-state index contributed by atoms with van der Waals surface area (Å²) in [5, 5.41) is 0. The summed E-state index contributed by atoms with van der Waals surface area (Å²) < 4.78 is 32.7. The number of benzene rings is 3. The van der Waals surface area contributed by atoms with Gasteiger partial charge in [0.05, 0.1) is 17.2 Å². The lowest BCUT2D eigenvalue weighted by atomic mass is 10.2. The molecule has 27 heavy (non-hydrogen) atoms. The molecule has 0 heterocycles. The van der Waals surface area contributed by atoms with Gasteiger partial charge in [0.15, 0.2) is 0 Å². The van der Waals surface area contributed by atoms with Crippen LogP contribution in [0.1, 0.15) is 17.3 Å². The smallest absolute Gasteiger partial charge is 0.272 e. The average molecular weight is 381 g/mol. The molecule has 0 spiro atoms. The molecule has 138 valence electrons. The molecule has 3 rings (SSSR count). The van der Waals surface area contributed by atoms with Crippen LogP contribution in [0.2, 0.25) is 0 Å². The first-order valence-electron chi connectivity index (χ1n) is 8.46. The number of nitrogens with zero attached hydrogens (tertiary/aromatic N) is 1. The molecule has 0 N–H and O–H groups in total. The van der Waals surface area contributed by atoms with Gasteiger partial charge in [-0.3, -0.25) is 4.79 Å². The number of anilines is 1. The minimum atomic E-state index is -4.08. The molecule has 0 unspecified atom stereocenters. The predicted molar refractivity (Wildman–Crippen MR) is 104 cm³/mol. The van der Waals surface area contributed by atoms with Crippen LogP contribution in [0.25, 0.3) is 0 Å². The van der Waals surface area contributed by atoms with Crippen LogP contribution >= 0.6 is 0 Å². The molecule has 0 atom stereocenters. The van der Waals surface area contributed by atoms with Crippen LogP contribution < -0.4 is 9.04 Å². The highest BCUT2D eigenvalue weighted by atomic mass is 32.2. The Morgan fingerprint density at radius 2 is 1.41 bits per heavy atom. The highest BCUT2D eigenvalue weighted by Gasteiger charge is 2.31. The Labute approximate surface area is 158 Å². The number of carbonyl (C=O) groups is 1. The Kier molecular flexibility index (Phi) is 5.57. The quantitative estimate of drug-likeness (QED) is 0.644. The summed E-state index contributed by atoms with van der Waals surface area (Å²) in [6.45, 7) is 2.35. The van der Waals surface area contributed by atoms with E-state index in [4.69, 9.17) is 4.74 Å². The highest BCUT2D eigenvalue weighted by Crippen LogP contribution is 2.27.